The Kier molecular flexibility index (Phi) is 7.45. The summed E-state index contributed by atoms with van der Waals surface area (Å²) >= 11 is 3.00. The number of allylic oxidation sites excluding steroid dienone is 3. The molecule has 1 fully saturated rings. The van der Waals surface area contributed by atoms with Crippen molar-refractivity contribution in [2.45, 2.75) is 0 Å². The van der Waals surface area contributed by atoms with Gasteiger partial charge in [0.2, 0.25) is 5.95 Å². The number of ether oxygens (including phenoxy) is 1. The van der Waals surface area contributed by atoms with E-state index in [-0.39, 0.29) is 5.76 Å². The molecule has 0 radical (unpaired) electrons. The molecule has 4 aromatic rings. The average molecular weight is 573 g/mol. The number of hydrogen-bond acceptors (Lipinski definition) is 12. The molecule has 2 N–H and O–H groups in total. The zero-order chi connectivity index (χ0) is 27.5. The molecular weight excluding hydrogens is 544 g/mol. The predicted molar refractivity (Wildman–Crippen MR) is 162 cm³/mol. The molecule has 0 aliphatic carbocycles. The molecule has 2 aliphatic rings. The summed E-state index contributed by atoms with van der Waals surface area (Å²) in [6, 6.07) is 6.10. The molecule has 1 saturated heterocycles. The normalized spacial score (nSPS) is 15.7. The fourth-order valence-corrected chi connectivity index (χ4v) is 6.00. The van der Waals surface area contributed by atoms with Crippen molar-refractivity contribution in [1.82, 2.24) is 24.8 Å². The van der Waals surface area contributed by atoms with Crippen molar-refractivity contribution >= 4 is 45.1 Å². The molecule has 2 aliphatic heterocycles. The first-order valence-corrected chi connectivity index (χ1v) is 14.4. The van der Waals surface area contributed by atoms with Crippen molar-refractivity contribution in [3.8, 4) is 26.8 Å². The van der Waals surface area contributed by atoms with E-state index in [2.05, 4.69) is 43.2 Å². The number of aliphatic hydroxyl groups excluding tert-OH is 1. The lowest BCUT2D eigenvalue weighted by Crippen LogP contribution is -2.44. The SMILES string of the molecule is COc1cc(Nc2ncc(-c3cncs3)c(-c3cnc(N4C=CC=CC(O)=C4)s3)n2)ccc1N1CCN(C)CC1. The first kappa shape index (κ1) is 26.0. The molecule has 3 aromatic heterocycles. The quantitative estimate of drug-likeness (QED) is 0.294. The van der Waals surface area contributed by atoms with E-state index in [0.29, 0.717) is 11.1 Å². The van der Waals surface area contributed by atoms with Crippen molar-refractivity contribution in [2.24, 2.45) is 0 Å². The van der Waals surface area contributed by atoms with Crippen molar-refractivity contribution in [3.05, 3.63) is 78.7 Å². The summed E-state index contributed by atoms with van der Waals surface area (Å²) in [6.07, 6.45) is 14.1. The van der Waals surface area contributed by atoms with Crippen molar-refractivity contribution in [2.75, 3.05) is 55.5 Å². The number of aromatic nitrogens is 4. The van der Waals surface area contributed by atoms with Gasteiger partial charge in [-0.3, -0.25) is 9.88 Å². The van der Waals surface area contributed by atoms with E-state index in [4.69, 9.17) is 9.72 Å². The van der Waals surface area contributed by atoms with Gasteiger partial charge in [-0.2, -0.15) is 0 Å². The van der Waals surface area contributed by atoms with Gasteiger partial charge in [-0.15, -0.1) is 11.3 Å². The Morgan fingerprint density at radius 1 is 1.02 bits per heavy atom. The van der Waals surface area contributed by atoms with Gasteiger partial charge >= 0.3 is 0 Å². The topological polar surface area (TPSA) is 103 Å². The Bertz CT molecular complexity index is 1570. The summed E-state index contributed by atoms with van der Waals surface area (Å²) in [6.45, 7) is 3.96. The highest BCUT2D eigenvalue weighted by Crippen LogP contribution is 2.39. The molecule has 0 amide bonds. The molecule has 40 heavy (non-hydrogen) atoms. The lowest BCUT2D eigenvalue weighted by atomic mass is 10.2. The summed E-state index contributed by atoms with van der Waals surface area (Å²) < 4.78 is 5.76. The fourth-order valence-electron chi connectivity index (χ4n) is 4.49. The summed E-state index contributed by atoms with van der Waals surface area (Å²) in [7, 11) is 3.84. The Balaban J connectivity index is 1.31. The molecule has 5 heterocycles. The third-order valence-corrected chi connectivity index (χ3v) is 8.43. The molecule has 1 aromatic carbocycles. The molecule has 10 nitrogen and oxygen atoms in total. The fraction of sp³-hybridized carbons (Fsp3) is 0.214. The van der Waals surface area contributed by atoms with E-state index in [9.17, 15) is 5.11 Å². The van der Waals surface area contributed by atoms with E-state index >= 15 is 0 Å². The Hall–Kier alpha value is -4.26. The Labute approximate surface area is 240 Å². The van der Waals surface area contributed by atoms with Crippen LogP contribution in [0.4, 0.5) is 22.5 Å². The van der Waals surface area contributed by atoms with Crippen LogP contribution in [0.5, 0.6) is 5.75 Å². The second-order valence-corrected chi connectivity index (χ2v) is 11.2. The Morgan fingerprint density at radius 2 is 1.90 bits per heavy atom. The van der Waals surface area contributed by atoms with Crippen molar-refractivity contribution in [1.29, 1.82) is 0 Å². The Morgan fingerprint density at radius 3 is 2.70 bits per heavy atom. The number of piperazine rings is 1. The number of aliphatic hydroxyl groups is 1. The highest BCUT2D eigenvalue weighted by atomic mass is 32.1. The minimum Gasteiger partial charge on any atom is -0.506 e. The lowest BCUT2D eigenvalue weighted by Gasteiger charge is -2.34. The molecule has 0 saturated carbocycles. The van der Waals surface area contributed by atoms with Gasteiger partial charge < -0.3 is 25.0 Å². The maximum Gasteiger partial charge on any atom is 0.227 e. The zero-order valence-electron chi connectivity index (χ0n) is 22.1. The monoisotopic (exact) mass is 572 g/mol. The number of thiazole rings is 2. The molecule has 0 bridgehead atoms. The molecule has 12 heteroatoms. The zero-order valence-corrected chi connectivity index (χ0v) is 23.7. The van der Waals surface area contributed by atoms with Crippen LogP contribution in [0.3, 0.4) is 0 Å². The minimum atomic E-state index is 0.148. The minimum absolute atomic E-state index is 0.148. The maximum absolute atomic E-state index is 10.1. The van der Waals surface area contributed by atoms with Crippen LogP contribution in [0, 0.1) is 0 Å². The van der Waals surface area contributed by atoms with Crippen molar-refractivity contribution < 1.29 is 9.84 Å². The number of hydrogen-bond donors (Lipinski definition) is 2. The van der Waals surface area contributed by atoms with Crippen LogP contribution in [0.2, 0.25) is 0 Å². The van der Waals surface area contributed by atoms with E-state index in [1.54, 1.807) is 42.1 Å². The van der Waals surface area contributed by atoms with E-state index in [1.807, 2.05) is 36.8 Å². The number of nitrogens with one attached hydrogen (secondary N) is 1. The average Bonchev–Trinajstić information content (AvgIpc) is 3.64. The third kappa shape index (κ3) is 5.55. The number of nitrogens with zero attached hydrogens (tertiary/aromatic N) is 7. The van der Waals surface area contributed by atoms with E-state index in [0.717, 1.165) is 64.3 Å². The smallest absolute Gasteiger partial charge is 0.227 e. The summed E-state index contributed by atoms with van der Waals surface area (Å²) in [5, 5.41) is 14.1. The van der Waals surface area contributed by atoms with Crippen LogP contribution < -0.4 is 19.9 Å². The van der Waals surface area contributed by atoms with Gasteiger partial charge in [0.05, 0.1) is 40.0 Å². The van der Waals surface area contributed by atoms with Gasteiger partial charge in [0, 0.05) is 68.3 Å². The first-order chi connectivity index (χ1) is 19.6. The molecule has 6 rings (SSSR count). The van der Waals surface area contributed by atoms with Gasteiger partial charge in [0.25, 0.3) is 0 Å². The van der Waals surface area contributed by atoms with Crippen LogP contribution in [0.1, 0.15) is 0 Å². The van der Waals surface area contributed by atoms with Gasteiger partial charge in [-0.25, -0.2) is 15.0 Å². The summed E-state index contributed by atoms with van der Waals surface area (Å²) in [4.78, 5) is 26.7. The number of anilines is 4. The lowest BCUT2D eigenvalue weighted by molar-refractivity contribution is 0.311. The summed E-state index contributed by atoms with van der Waals surface area (Å²) in [5.74, 6) is 1.41. The van der Waals surface area contributed by atoms with Gasteiger partial charge in [0.15, 0.2) is 5.13 Å². The van der Waals surface area contributed by atoms with Crippen LogP contribution in [-0.2, 0) is 0 Å². The second kappa shape index (κ2) is 11.5. The highest BCUT2D eigenvalue weighted by molar-refractivity contribution is 7.19. The standard InChI is InChI=1S/C28H28N8O2S2/c1-34-9-11-35(12-10-34)22-7-6-19(13-23(22)38-2)32-27-30-14-21(24-15-29-18-39-24)26(33-27)25-16-31-28(40-25)36-8-4-3-5-20(37)17-36/h3-8,13-18,37H,9-12H2,1-2H3,(H,30,32,33). The number of benzene rings is 1. The maximum atomic E-state index is 10.1. The molecule has 204 valence electrons. The molecular formula is C28H28N8O2S2. The van der Waals surface area contributed by atoms with Crippen LogP contribution >= 0.6 is 22.7 Å². The van der Waals surface area contributed by atoms with Gasteiger partial charge in [0.1, 0.15) is 11.5 Å². The predicted octanol–water partition coefficient (Wildman–Crippen LogP) is 5.52. The second-order valence-electron chi connectivity index (χ2n) is 9.29. The largest absolute Gasteiger partial charge is 0.506 e. The first-order valence-electron chi connectivity index (χ1n) is 12.7. The molecule has 0 spiro atoms. The van der Waals surface area contributed by atoms with Crippen LogP contribution in [-0.4, -0.2) is 70.3 Å². The number of methoxy groups -OCH3 is 1. The molecule has 0 atom stereocenters. The van der Waals surface area contributed by atoms with E-state index in [1.165, 1.54) is 22.7 Å². The summed E-state index contributed by atoms with van der Waals surface area (Å²) in [5.41, 5.74) is 5.33. The number of rotatable bonds is 7. The number of likely N-dealkylation sites (N-methyl/N-ethyl adjacent to an activating group) is 1. The van der Waals surface area contributed by atoms with Crippen molar-refractivity contribution in [3.63, 3.8) is 0 Å². The van der Waals surface area contributed by atoms with Gasteiger partial charge in [-0.1, -0.05) is 17.4 Å². The van der Waals surface area contributed by atoms with Crippen LogP contribution in [0.25, 0.3) is 21.0 Å². The van der Waals surface area contributed by atoms with Gasteiger partial charge in [-0.05, 0) is 31.3 Å². The third-order valence-electron chi connectivity index (χ3n) is 6.61. The van der Waals surface area contributed by atoms with Crippen LogP contribution in [0.15, 0.2) is 78.7 Å². The molecule has 0 unspecified atom stereocenters. The highest BCUT2D eigenvalue weighted by Gasteiger charge is 2.20. The van der Waals surface area contributed by atoms with E-state index < -0.39 is 0 Å².